The molecule has 11 aromatic rings. The molecule has 8 aromatic heterocycles. The van der Waals surface area contributed by atoms with Crippen molar-refractivity contribution < 1.29 is 55.5 Å². The van der Waals surface area contributed by atoms with Crippen LogP contribution in [0.5, 0.6) is 23.3 Å². The number of methoxy groups -OCH3 is 3. The lowest BCUT2D eigenvalue weighted by atomic mass is 9.92. The first-order valence-corrected chi connectivity index (χ1v) is 34.0. The highest BCUT2D eigenvalue weighted by Crippen LogP contribution is 2.39. The van der Waals surface area contributed by atoms with Gasteiger partial charge in [-0.15, -0.1) is 0 Å². The molecule has 0 unspecified atom stereocenters. The summed E-state index contributed by atoms with van der Waals surface area (Å²) in [6, 6.07) is 22.2. The molecule has 0 atom stereocenters. The highest BCUT2D eigenvalue weighted by Gasteiger charge is 2.29. The number of nitrogens with two attached hydrogens (primary N) is 2. The van der Waals surface area contributed by atoms with Crippen LogP contribution in [0.1, 0.15) is 54.2 Å². The van der Waals surface area contributed by atoms with Crippen LogP contribution in [0.4, 0.5) is 32.2 Å². The minimum absolute atomic E-state index is 0.0106. The van der Waals surface area contributed by atoms with Gasteiger partial charge in [0.2, 0.25) is 29.3 Å². The van der Waals surface area contributed by atoms with Gasteiger partial charge in [0.1, 0.15) is 39.2 Å². The lowest BCUT2D eigenvalue weighted by molar-refractivity contribution is 0.00169. The number of anilines is 4. The topological polar surface area (TPSA) is 374 Å². The lowest BCUT2D eigenvalue weighted by Crippen LogP contribution is -2.37. The number of aliphatic hydroxyl groups excluding tert-OH is 1. The van der Waals surface area contributed by atoms with Crippen LogP contribution in [0, 0.1) is 18.6 Å². The number of nitrogen functional groups attached to an aromatic ring is 2. The summed E-state index contributed by atoms with van der Waals surface area (Å²) in [6.07, 6.45) is 15.0. The highest BCUT2D eigenvalue weighted by atomic mass is 32.2. The largest absolute Gasteiger partial charge is 0.491 e. The fourth-order valence-electron chi connectivity index (χ4n) is 12.3. The molecule has 3 aromatic carbocycles. The summed E-state index contributed by atoms with van der Waals surface area (Å²) in [5.41, 5.74) is 18.7. The maximum absolute atomic E-state index is 14.2. The first kappa shape index (κ1) is 70.5. The van der Waals surface area contributed by atoms with Crippen molar-refractivity contribution in [2.24, 2.45) is 4.99 Å². The van der Waals surface area contributed by atoms with E-state index in [2.05, 4.69) is 65.0 Å². The Kier molecular flexibility index (Phi) is 22.1. The monoisotopic (exact) mass is 1410 g/mol. The van der Waals surface area contributed by atoms with E-state index in [-0.39, 0.29) is 59.0 Å². The van der Waals surface area contributed by atoms with Crippen molar-refractivity contribution in [1.82, 2.24) is 64.1 Å². The molecular formula is C70H72F2N18O11S. The number of fused-ring (bicyclic) bond motifs is 5. The van der Waals surface area contributed by atoms with E-state index in [1.54, 1.807) is 49.6 Å². The predicted molar refractivity (Wildman–Crippen MR) is 375 cm³/mol. The van der Waals surface area contributed by atoms with E-state index in [1.807, 2.05) is 66.1 Å². The molecule has 2 fully saturated rings. The van der Waals surface area contributed by atoms with Gasteiger partial charge in [0.15, 0.2) is 11.5 Å². The fraction of sp³-hybridized carbons (Fsp3) is 0.300. The zero-order chi connectivity index (χ0) is 71.4. The molecule has 1 amide bonds. The number of aromatic nitrogens is 12. The summed E-state index contributed by atoms with van der Waals surface area (Å²) in [5.74, 6) is 0.0249. The summed E-state index contributed by atoms with van der Waals surface area (Å²) in [4.78, 5) is 66.4. The van der Waals surface area contributed by atoms with E-state index in [9.17, 15) is 26.8 Å². The number of morpholine rings is 1. The maximum Gasteiger partial charge on any atom is 0.283 e. The summed E-state index contributed by atoms with van der Waals surface area (Å²) in [5, 5.41) is 22.6. The molecule has 14 rings (SSSR count). The van der Waals surface area contributed by atoms with Gasteiger partial charge >= 0.3 is 0 Å². The van der Waals surface area contributed by atoms with Crippen molar-refractivity contribution in [3.05, 3.63) is 167 Å². The van der Waals surface area contributed by atoms with E-state index in [0.29, 0.717) is 77.6 Å². The number of sulfonamides is 1. The predicted octanol–water partition coefficient (Wildman–Crippen LogP) is 7.77. The number of hydrogen-bond donors (Lipinski definition) is 5. The van der Waals surface area contributed by atoms with Gasteiger partial charge in [-0.3, -0.25) is 33.3 Å². The van der Waals surface area contributed by atoms with Crippen LogP contribution >= 0.6 is 0 Å². The molecule has 0 spiro atoms. The Morgan fingerprint density at radius 1 is 0.745 bits per heavy atom. The molecule has 1 aliphatic carbocycles. The van der Waals surface area contributed by atoms with Gasteiger partial charge in [-0.05, 0) is 117 Å². The zero-order valence-electron chi connectivity index (χ0n) is 56.0. The van der Waals surface area contributed by atoms with Crippen molar-refractivity contribution in [3.63, 3.8) is 0 Å². The van der Waals surface area contributed by atoms with Gasteiger partial charge in [-0.2, -0.15) is 20.2 Å². The molecule has 3 aliphatic rings. The average molecular weight is 1410 g/mol. The molecule has 2 aliphatic heterocycles. The van der Waals surface area contributed by atoms with Crippen LogP contribution in [-0.4, -0.2) is 170 Å². The van der Waals surface area contributed by atoms with Crippen LogP contribution in [0.3, 0.4) is 0 Å². The third kappa shape index (κ3) is 16.0. The number of carbonyl (C=O) groups is 1. The van der Waals surface area contributed by atoms with Crippen molar-refractivity contribution in [3.8, 4) is 56.6 Å². The summed E-state index contributed by atoms with van der Waals surface area (Å²) in [7, 11) is 0.0583. The van der Waals surface area contributed by atoms with E-state index in [1.165, 1.54) is 31.8 Å². The molecule has 29 nitrogen and oxygen atoms in total. The number of aliphatic hydroxyl groups is 1. The number of amides is 1. The number of hydrogen-bond acceptors (Lipinski definition) is 25. The second-order valence-corrected chi connectivity index (χ2v) is 25.3. The van der Waals surface area contributed by atoms with Gasteiger partial charge in [0.05, 0.1) is 89.6 Å². The van der Waals surface area contributed by atoms with E-state index < -0.39 is 32.5 Å². The standard InChI is InChI=1S/C25H17F2N5O3S.C23H28N8O4.C22H27N5O4/c1-35-25-23(32-36(33,34)24-5-3-18(26)12-21(24)27)11-17(13-29-25)15-2-4-22-20(10-15)19(7-8-28-22)16-6-9-30-31-14-16;1-33-19-17(35-10-2-6-30-8-11-34-12-9-30)4-3-16-18(19)28-23(31-7-5-25-20(16)31)29-21(32)15-13-26-22(24)27-14-15;1-13-17-11-18(14-3-8-19(30-2)24-12-14)21(29)27(20(17)26-22(23)25-13)15-4-6-16(7-5-15)31-10-9-28/h2-14,32H,1H3;3-4,13-14,25H,2,5-12H2,1H3,(H2,24,26,27);3,8,11-12,15-16,28H,4-7,9-10H2,1-2H3,(H2,23,25,26). The molecule has 7 N–H and O–H groups in total. The zero-order valence-corrected chi connectivity index (χ0v) is 56.8. The Morgan fingerprint density at radius 2 is 1.53 bits per heavy atom. The summed E-state index contributed by atoms with van der Waals surface area (Å²) >= 11 is 0. The Bertz CT molecular complexity index is 5110. The normalized spacial score (nSPS) is 15.3. The number of rotatable bonds is 19. The Labute approximate surface area is 582 Å². The first-order valence-electron chi connectivity index (χ1n) is 32.6. The number of nitrogens with one attached hydrogen (secondary N) is 2. The van der Waals surface area contributed by atoms with Crippen molar-refractivity contribution in [2.45, 2.75) is 62.6 Å². The minimum atomic E-state index is -4.40. The maximum atomic E-state index is 14.2. The number of pyridine rings is 4. The van der Waals surface area contributed by atoms with Crippen LogP contribution in [0.25, 0.3) is 66.2 Å². The van der Waals surface area contributed by atoms with E-state index in [4.69, 9.17) is 50.0 Å². The van der Waals surface area contributed by atoms with Gasteiger partial charge in [0.25, 0.3) is 21.5 Å². The molecular weight excluding hydrogens is 1340 g/mol. The van der Waals surface area contributed by atoms with Crippen LogP contribution in [0.2, 0.25) is 0 Å². The number of nitrogens with zero attached hydrogens (tertiary/aromatic N) is 14. The van der Waals surface area contributed by atoms with Crippen LogP contribution < -0.4 is 51.6 Å². The second kappa shape index (κ2) is 31.9. The van der Waals surface area contributed by atoms with Gasteiger partial charge in [-0.1, -0.05) is 6.07 Å². The Balaban J connectivity index is 0.000000145. The molecule has 1 saturated heterocycles. The highest BCUT2D eigenvalue weighted by molar-refractivity contribution is 7.92. The number of ether oxygens (including phenoxy) is 6. The average Bonchev–Trinajstić information content (AvgIpc) is 1.27. The van der Waals surface area contributed by atoms with Crippen molar-refractivity contribution in [1.29, 1.82) is 0 Å². The number of carbonyl (C=O) groups excluding carboxylic acids is 1. The van der Waals surface area contributed by atoms with Crippen LogP contribution in [0.15, 0.2) is 143 Å². The number of aryl methyl sites for hydroxylation is 1. The smallest absolute Gasteiger partial charge is 0.283 e. The van der Waals surface area contributed by atoms with Crippen molar-refractivity contribution in [2.75, 3.05) is 102 Å². The minimum Gasteiger partial charge on any atom is -0.491 e. The molecule has 1 saturated carbocycles. The van der Waals surface area contributed by atoms with Crippen molar-refractivity contribution >= 4 is 72.2 Å². The van der Waals surface area contributed by atoms with Gasteiger partial charge in [-0.25, -0.2) is 47.1 Å². The van der Waals surface area contributed by atoms with E-state index >= 15 is 0 Å². The third-order valence-electron chi connectivity index (χ3n) is 17.3. The molecule has 528 valence electrons. The second-order valence-electron chi connectivity index (χ2n) is 23.7. The Morgan fingerprint density at radius 3 is 2.25 bits per heavy atom. The number of halogens is 2. The van der Waals surface area contributed by atoms with Crippen LogP contribution in [-0.2, 0) is 26.0 Å². The number of benzene rings is 3. The Hall–Kier alpha value is -11.3. The quantitative estimate of drug-likeness (QED) is 0.0482. The first-order chi connectivity index (χ1) is 49.5. The fourth-order valence-corrected chi connectivity index (χ4v) is 13.4. The summed E-state index contributed by atoms with van der Waals surface area (Å²) < 4.78 is 92.3. The molecule has 32 heteroatoms. The summed E-state index contributed by atoms with van der Waals surface area (Å²) in [6.45, 7) is 8.50. The van der Waals surface area contributed by atoms with Gasteiger partial charge < -0.3 is 50.3 Å². The molecule has 10 heterocycles. The van der Waals surface area contributed by atoms with Gasteiger partial charge in [0, 0.05) is 120 Å². The molecule has 0 bridgehead atoms. The molecule has 0 radical (unpaired) electrons. The third-order valence-corrected chi connectivity index (χ3v) is 18.7. The molecule has 102 heavy (non-hydrogen) atoms. The van der Waals surface area contributed by atoms with E-state index in [0.717, 1.165) is 127 Å². The lowest BCUT2D eigenvalue weighted by Gasteiger charge is -2.30. The SMILES string of the molecule is COc1c(OCCCN2CCOCC2)ccc2c3n(c(=NC(=O)c4cnc(N)nc4)nc12)CCN3.COc1ccc(-c2cc3c(C)nc(N)nc3n(C3CCC(OCCO)CC3)c2=O)cn1.COc1ncc(-c2ccc3nccc(-c4ccnnc4)c3c2)cc1NS(=O)(=O)c1ccc(F)cc1F.